The number of nitrogens with one attached hydrogen (secondary N) is 2. The minimum atomic E-state index is -0.546. The Morgan fingerprint density at radius 1 is 1.18 bits per heavy atom. The minimum Gasteiger partial charge on any atom is -0.444 e. The lowest BCUT2D eigenvalue weighted by atomic mass is 10.1. The molecule has 0 bridgehead atoms. The van der Waals surface area contributed by atoms with E-state index in [9.17, 15) is 4.79 Å². The Bertz CT molecular complexity index is 946. The predicted octanol–water partition coefficient (Wildman–Crippen LogP) is 4.34. The van der Waals surface area contributed by atoms with E-state index < -0.39 is 11.7 Å². The topological polar surface area (TPSA) is 81.1 Å². The molecule has 0 aliphatic rings. The predicted molar refractivity (Wildman–Crippen MR) is 109 cm³/mol. The van der Waals surface area contributed by atoms with Gasteiger partial charge in [-0.25, -0.2) is 14.5 Å². The van der Waals surface area contributed by atoms with Crippen LogP contribution in [0.2, 0.25) is 0 Å². The van der Waals surface area contributed by atoms with E-state index in [2.05, 4.69) is 20.7 Å². The molecule has 0 aliphatic heterocycles. The fourth-order valence-electron chi connectivity index (χ4n) is 2.67. The van der Waals surface area contributed by atoms with Crippen LogP contribution in [0.25, 0.3) is 5.69 Å². The van der Waals surface area contributed by atoms with Crippen LogP contribution in [0.3, 0.4) is 0 Å². The molecule has 1 aromatic carbocycles. The van der Waals surface area contributed by atoms with Crippen molar-refractivity contribution in [3.05, 3.63) is 66.1 Å². The van der Waals surface area contributed by atoms with Gasteiger partial charge in [-0.2, -0.15) is 5.10 Å². The van der Waals surface area contributed by atoms with E-state index in [4.69, 9.17) is 4.74 Å². The van der Waals surface area contributed by atoms with Gasteiger partial charge in [0.1, 0.15) is 11.4 Å². The molecule has 0 saturated carbocycles. The van der Waals surface area contributed by atoms with Gasteiger partial charge in [0.15, 0.2) is 0 Å². The molecule has 7 nitrogen and oxygen atoms in total. The van der Waals surface area contributed by atoms with Gasteiger partial charge in [0.2, 0.25) is 0 Å². The van der Waals surface area contributed by atoms with E-state index in [0.717, 1.165) is 28.3 Å². The van der Waals surface area contributed by atoms with Crippen molar-refractivity contribution in [2.24, 2.45) is 0 Å². The molecule has 2 heterocycles. The number of benzene rings is 1. The van der Waals surface area contributed by atoms with Gasteiger partial charge in [0.05, 0.1) is 5.69 Å². The quantitative estimate of drug-likeness (QED) is 0.689. The maximum Gasteiger partial charge on any atom is 0.407 e. The molecule has 2 aromatic heterocycles. The zero-order chi connectivity index (χ0) is 20.1. The summed E-state index contributed by atoms with van der Waals surface area (Å²) in [5.41, 5.74) is 3.22. The number of carbonyl (C=O) groups excluding carboxylic acids is 1. The summed E-state index contributed by atoms with van der Waals surface area (Å²) >= 11 is 0. The molecule has 0 fully saturated rings. The minimum absolute atomic E-state index is 0.306. The molecular formula is C21H25N5O2. The van der Waals surface area contributed by atoms with Gasteiger partial charge >= 0.3 is 6.09 Å². The molecular weight excluding hydrogens is 354 g/mol. The SMILES string of the molecule is Cc1ccnc(Nc2ccc(-n3cccn3)c(CNC(=O)OC(C)(C)C)c2)c1. The van der Waals surface area contributed by atoms with Gasteiger partial charge in [-0.1, -0.05) is 0 Å². The Balaban J connectivity index is 1.83. The summed E-state index contributed by atoms with van der Waals surface area (Å²) in [5.74, 6) is 0.762. The highest BCUT2D eigenvalue weighted by Gasteiger charge is 2.16. The fourth-order valence-corrected chi connectivity index (χ4v) is 2.67. The number of aryl methyl sites for hydroxylation is 1. The van der Waals surface area contributed by atoms with E-state index in [1.807, 2.05) is 70.3 Å². The highest BCUT2D eigenvalue weighted by Crippen LogP contribution is 2.22. The first-order valence-corrected chi connectivity index (χ1v) is 9.10. The molecule has 1 amide bonds. The first-order valence-electron chi connectivity index (χ1n) is 9.10. The lowest BCUT2D eigenvalue weighted by molar-refractivity contribution is 0.0523. The number of amides is 1. The van der Waals surface area contributed by atoms with E-state index in [0.29, 0.717) is 6.54 Å². The van der Waals surface area contributed by atoms with Gasteiger partial charge in [-0.05, 0) is 75.2 Å². The van der Waals surface area contributed by atoms with Crippen molar-refractivity contribution in [1.29, 1.82) is 0 Å². The van der Waals surface area contributed by atoms with Gasteiger partial charge in [0, 0.05) is 30.8 Å². The van der Waals surface area contributed by atoms with Crippen LogP contribution in [0.15, 0.2) is 55.0 Å². The van der Waals surface area contributed by atoms with Gasteiger partial charge < -0.3 is 15.4 Å². The Kier molecular flexibility index (Phi) is 5.63. The van der Waals surface area contributed by atoms with Crippen LogP contribution in [-0.4, -0.2) is 26.5 Å². The Labute approximate surface area is 164 Å². The smallest absolute Gasteiger partial charge is 0.407 e. The van der Waals surface area contributed by atoms with Crippen molar-refractivity contribution in [3.63, 3.8) is 0 Å². The first kappa shape index (κ1) is 19.4. The molecule has 28 heavy (non-hydrogen) atoms. The van der Waals surface area contributed by atoms with E-state index in [1.165, 1.54) is 0 Å². The number of pyridine rings is 1. The molecule has 146 valence electrons. The molecule has 0 radical (unpaired) electrons. The zero-order valence-electron chi connectivity index (χ0n) is 16.6. The summed E-state index contributed by atoms with van der Waals surface area (Å²) < 4.78 is 7.10. The monoisotopic (exact) mass is 379 g/mol. The average Bonchev–Trinajstić information content (AvgIpc) is 3.13. The number of ether oxygens (including phenoxy) is 1. The lowest BCUT2D eigenvalue weighted by Crippen LogP contribution is -2.32. The van der Waals surface area contributed by atoms with Gasteiger partial charge in [-0.15, -0.1) is 0 Å². The second-order valence-corrected chi connectivity index (χ2v) is 7.49. The number of nitrogens with zero attached hydrogens (tertiary/aromatic N) is 3. The number of aromatic nitrogens is 3. The maximum atomic E-state index is 12.1. The molecule has 0 atom stereocenters. The number of alkyl carbamates (subject to hydrolysis) is 1. The third-order valence-corrected chi connectivity index (χ3v) is 3.84. The maximum absolute atomic E-state index is 12.1. The van der Waals surface area contributed by atoms with Crippen LogP contribution >= 0.6 is 0 Å². The van der Waals surface area contributed by atoms with Crippen molar-refractivity contribution < 1.29 is 9.53 Å². The molecule has 2 N–H and O–H groups in total. The summed E-state index contributed by atoms with van der Waals surface area (Å²) in [6.45, 7) is 7.83. The average molecular weight is 379 g/mol. The van der Waals surface area contributed by atoms with Crippen LogP contribution in [0.1, 0.15) is 31.9 Å². The molecule has 3 aromatic rings. The number of rotatable bonds is 5. The number of hydrogen-bond acceptors (Lipinski definition) is 5. The third kappa shape index (κ3) is 5.33. The summed E-state index contributed by atoms with van der Waals surface area (Å²) in [6, 6.07) is 11.7. The highest BCUT2D eigenvalue weighted by molar-refractivity contribution is 5.68. The van der Waals surface area contributed by atoms with E-state index >= 15 is 0 Å². The third-order valence-electron chi connectivity index (χ3n) is 3.84. The summed E-state index contributed by atoms with van der Waals surface area (Å²) in [4.78, 5) is 16.4. The van der Waals surface area contributed by atoms with Crippen LogP contribution in [0.5, 0.6) is 0 Å². The summed E-state index contributed by atoms with van der Waals surface area (Å²) in [7, 11) is 0. The lowest BCUT2D eigenvalue weighted by Gasteiger charge is -2.20. The van der Waals surface area contributed by atoms with Crippen molar-refractivity contribution in [1.82, 2.24) is 20.1 Å². The van der Waals surface area contributed by atoms with Crippen molar-refractivity contribution >= 4 is 17.6 Å². The fraction of sp³-hybridized carbons (Fsp3) is 0.286. The Morgan fingerprint density at radius 2 is 2.00 bits per heavy atom. The zero-order valence-corrected chi connectivity index (χ0v) is 16.6. The van der Waals surface area contributed by atoms with Crippen molar-refractivity contribution in [3.8, 4) is 5.69 Å². The highest BCUT2D eigenvalue weighted by atomic mass is 16.6. The number of carbonyl (C=O) groups is 1. The van der Waals surface area contributed by atoms with E-state index in [1.54, 1.807) is 17.1 Å². The summed E-state index contributed by atoms with van der Waals surface area (Å²) in [6.07, 6.45) is 4.88. The first-order chi connectivity index (χ1) is 13.3. The van der Waals surface area contributed by atoms with Gasteiger partial charge in [0.25, 0.3) is 0 Å². The van der Waals surface area contributed by atoms with Crippen molar-refractivity contribution in [2.75, 3.05) is 5.32 Å². The molecule has 0 aliphatic carbocycles. The van der Waals surface area contributed by atoms with Crippen LogP contribution in [0.4, 0.5) is 16.3 Å². The second kappa shape index (κ2) is 8.12. The molecule has 7 heteroatoms. The Morgan fingerprint density at radius 3 is 2.68 bits per heavy atom. The summed E-state index contributed by atoms with van der Waals surface area (Å²) in [5, 5.41) is 10.4. The molecule has 0 spiro atoms. The largest absolute Gasteiger partial charge is 0.444 e. The van der Waals surface area contributed by atoms with Crippen LogP contribution in [0, 0.1) is 6.92 Å². The molecule has 0 saturated heterocycles. The second-order valence-electron chi connectivity index (χ2n) is 7.49. The Hall–Kier alpha value is -3.35. The van der Waals surface area contributed by atoms with E-state index in [-0.39, 0.29) is 0 Å². The van der Waals surface area contributed by atoms with Crippen molar-refractivity contribution in [2.45, 2.75) is 39.8 Å². The number of hydrogen-bond donors (Lipinski definition) is 2. The van der Waals surface area contributed by atoms with Crippen LogP contribution < -0.4 is 10.6 Å². The normalized spacial score (nSPS) is 11.1. The standard InChI is InChI=1S/C21H25N5O2/c1-15-8-10-22-19(12-15)25-17-6-7-18(26-11-5-9-24-26)16(13-17)14-23-20(27)28-21(2,3)4/h5-13H,14H2,1-4H3,(H,22,25)(H,23,27). The van der Waals surface area contributed by atoms with Gasteiger partial charge in [-0.3, -0.25) is 0 Å². The van der Waals surface area contributed by atoms with Crippen LogP contribution in [-0.2, 0) is 11.3 Å². The molecule has 3 rings (SSSR count). The molecule has 0 unspecified atom stereocenters. The number of anilines is 2.